The van der Waals surface area contributed by atoms with Crippen LogP contribution in [-0.4, -0.2) is 16.8 Å². The SMILES string of the molecule is NC(=O)Cc1csc(NC(=O)c2ccc(Cl)cc2)n1. The van der Waals surface area contributed by atoms with Crippen LogP contribution in [0.4, 0.5) is 5.13 Å². The number of nitrogens with zero attached hydrogens (tertiary/aromatic N) is 1. The molecule has 0 bridgehead atoms. The van der Waals surface area contributed by atoms with Crippen LogP contribution in [0, 0.1) is 0 Å². The highest BCUT2D eigenvalue weighted by Crippen LogP contribution is 2.17. The summed E-state index contributed by atoms with van der Waals surface area (Å²) in [6.07, 6.45) is 0.0628. The number of hydrogen-bond donors (Lipinski definition) is 2. The molecule has 3 N–H and O–H groups in total. The minimum absolute atomic E-state index is 0.0628. The van der Waals surface area contributed by atoms with Gasteiger partial charge in [-0.05, 0) is 24.3 Å². The highest BCUT2D eigenvalue weighted by molar-refractivity contribution is 7.14. The Morgan fingerprint density at radius 3 is 2.63 bits per heavy atom. The Kier molecular flexibility index (Phi) is 4.13. The summed E-state index contributed by atoms with van der Waals surface area (Å²) in [5, 5.41) is 5.32. The van der Waals surface area contributed by atoms with E-state index in [0.29, 0.717) is 21.4 Å². The van der Waals surface area contributed by atoms with E-state index in [9.17, 15) is 9.59 Å². The van der Waals surface area contributed by atoms with Crippen LogP contribution in [0.5, 0.6) is 0 Å². The first kappa shape index (κ1) is 13.5. The van der Waals surface area contributed by atoms with E-state index in [1.165, 1.54) is 11.3 Å². The number of hydrogen-bond acceptors (Lipinski definition) is 4. The monoisotopic (exact) mass is 295 g/mol. The third-order valence-electron chi connectivity index (χ3n) is 2.23. The van der Waals surface area contributed by atoms with Crippen molar-refractivity contribution < 1.29 is 9.59 Å². The van der Waals surface area contributed by atoms with Gasteiger partial charge in [-0.3, -0.25) is 14.9 Å². The lowest BCUT2D eigenvalue weighted by molar-refractivity contribution is -0.117. The molecule has 2 amide bonds. The Labute approximate surface area is 118 Å². The van der Waals surface area contributed by atoms with Crippen LogP contribution in [0.2, 0.25) is 5.02 Å². The second-order valence-corrected chi connectivity index (χ2v) is 5.04. The minimum Gasteiger partial charge on any atom is -0.369 e. The lowest BCUT2D eigenvalue weighted by Crippen LogP contribution is -2.14. The first-order valence-corrected chi connectivity index (χ1v) is 6.60. The van der Waals surface area contributed by atoms with Crippen molar-refractivity contribution in [3.63, 3.8) is 0 Å². The van der Waals surface area contributed by atoms with Crippen LogP contribution in [-0.2, 0) is 11.2 Å². The van der Waals surface area contributed by atoms with E-state index < -0.39 is 5.91 Å². The van der Waals surface area contributed by atoms with Crippen LogP contribution in [0.15, 0.2) is 29.6 Å². The van der Waals surface area contributed by atoms with E-state index in [0.717, 1.165) is 0 Å². The van der Waals surface area contributed by atoms with Crippen molar-refractivity contribution >= 4 is 39.9 Å². The standard InChI is InChI=1S/C12H10ClN3O2S/c13-8-3-1-7(2-4-8)11(18)16-12-15-9(6-19-12)5-10(14)17/h1-4,6H,5H2,(H2,14,17)(H,15,16,18). The summed E-state index contributed by atoms with van der Waals surface area (Å²) in [6, 6.07) is 6.51. The summed E-state index contributed by atoms with van der Waals surface area (Å²) in [5.74, 6) is -0.738. The normalized spacial score (nSPS) is 10.2. The summed E-state index contributed by atoms with van der Waals surface area (Å²) in [5.41, 5.74) is 6.09. The number of carbonyl (C=O) groups is 2. The van der Waals surface area contributed by atoms with E-state index in [4.69, 9.17) is 17.3 Å². The minimum atomic E-state index is -0.458. The highest BCUT2D eigenvalue weighted by Gasteiger charge is 2.09. The first-order chi connectivity index (χ1) is 9.04. The fraction of sp³-hybridized carbons (Fsp3) is 0.0833. The molecule has 1 aromatic carbocycles. The Morgan fingerprint density at radius 1 is 1.32 bits per heavy atom. The van der Waals surface area contributed by atoms with Crippen molar-refractivity contribution in [1.82, 2.24) is 4.98 Å². The molecule has 0 saturated carbocycles. The van der Waals surface area contributed by atoms with E-state index in [1.54, 1.807) is 29.6 Å². The summed E-state index contributed by atoms with van der Waals surface area (Å²) in [6.45, 7) is 0. The van der Waals surface area contributed by atoms with Gasteiger partial charge in [-0.15, -0.1) is 11.3 Å². The molecule has 19 heavy (non-hydrogen) atoms. The molecule has 2 rings (SSSR count). The summed E-state index contributed by atoms with van der Waals surface area (Å²) in [7, 11) is 0. The third-order valence-corrected chi connectivity index (χ3v) is 3.29. The number of carbonyl (C=O) groups excluding carboxylic acids is 2. The number of benzene rings is 1. The molecule has 0 aliphatic carbocycles. The van der Waals surface area contributed by atoms with Gasteiger partial charge in [-0.1, -0.05) is 11.6 Å². The molecule has 0 unspecified atom stereocenters. The maximum Gasteiger partial charge on any atom is 0.257 e. The number of aromatic nitrogens is 1. The molecule has 0 spiro atoms. The Balaban J connectivity index is 2.04. The molecular weight excluding hydrogens is 286 g/mol. The van der Waals surface area contributed by atoms with Gasteiger partial charge in [-0.25, -0.2) is 4.98 Å². The topological polar surface area (TPSA) is 85.1 Å². The van der Waals surface area contributed by atoms with Gasteiger partial charge >= 0.3 is 0 Å². The van der Waals surface area contributed by atoms with Crippen LogP contribution in [0.3, 0.4) is 0 Å². The molecular formula is C12H10ClN3O2S. The van der Waals surface area contributed by atoms with Gasteiger partial charge < -0.3 is 5.73 Å². The zero-order valence-electron chi connectivity index (χ0n) is 9.72. The third kappa shape index (κ3) is 3.77. The maximum atomic E-state index is 11.9. The largest absolute Gasteiger partial charge is 0.369 e. The maximum absolute atomic E-state index is 11.9. The lowest BCUT2D eigenvalue weighted by Gasteiger charge is -2.01. The van der Waals surface area contributed by atoms with Crippen molar-refractivity contribution in [1.29, 1.82) is 0 Å². The molecule has 0 radical (unpaired) electrons. The highest BCUT2D eigenvalue weighted by atomic mass is 35.5. The molecule has 1 aromatic heterocycles. The number of amides is 2. The summed E-state index contributed by atoms with van der Waals surface area (Å²) in [4.78, 5) is 26.7. The van der Waals surface area contributed by atoms with Crippen LogP contribution in [0.25, 0.3) is 0 Å². The Morgan fingerprint density at radius 2 is 2.00 bits per heavy atom. The van der Waals surface area contributed by atoms with E-state index in [2.05, 4.69) is 10.3 Å². The number of anilines is 1. The zero-order valence-corrected chi connectivity index (χ0v) is 11.3. The zero-order chi connectivity index (χ0) is 13.8. The van der Waals surface area contributed by atoms with E-state index in [1.807, 2.05) is 0 Å². The molecule has 5 nitrogen and oxygen atoms in total. The smallest absolute Gasteiger partial charge is 0.257 e. The molecule has 0 saturated heterocycles. The van der Waals surface area contributed by atoms with Gasteiger partial charge in [-0.2, -0.15) is 0 Å². The van der Waals surface area contributed by atoms with Gasteiger partial charge in [0.2, 0.25) is 5.91 Å². The average molecular weight is 296 g/mol. The van der Waals surface area contributed by atoms with Crippen molar-refractivity contribution in [2.45, 2.75) is 6.42 Å². The predicted molar refractivity (Wildman–Crippen MR) is 74.4 cm³/mol. The van der Waals surface area contributed by atoms with Crippen LogP contribution < -0.4 is 11.1 Å². The molecule has 7 heteroatoms. The Bertz CT molecular complexity index is 610. The van der Waals surface area contributed by atoms with Gasteiger partial charge in [0.1, 0.15) is 0 Å². The second-order valence-electron chi connectivity index (χ2n) is 3.75. The van der Waals surface area contributed by atoms with Crippen LogP contribution in [0.1, 0.15) is 16.1 Å². The van der Waals surface area contributed by atoms with Gasteiger partial charge in [0, 0.05) is 16.0 Å². The second kappa shape index (κ2) is 5.81. The molecule has 2 aromatic rings. The molecule has 1 heterocycles. The van der Waals surface area contributed by atoms with Crippen molar-refractivity contribution in [3.05, 3.63) is 45.9 Å². The summed E-state index contributed by atoms with van der Waals surface area (Å²) >= 11 is 6.98. The quantitative estimate of drug-likeness (QED) is 0.905. The fourth-order valence-electron chi connectivity index (χ4n) is 1.39. The van der Waals surface area contributed by atoms with Crippen LogP contribution >= 0.6 is 22.9 Å². The number of nitrogens with one attached hydrogen (secondary N) is 1. The molecule has 0 aliphatic rings. The number of halogens is 1. The van der Waals surface area contributed by atoms with Gasteiger partial charge in [0.25, 0.3) is 5.91 Å². The first-order valence-electron chi connectivity index (χ1n) is 5.34. The fourth-order valence-corrected chi connectivity index (χ4v) is 2.23. The van der Waals surface area contributed by atoms with Crippen molar-refractivity contribution in [3.8, 4) is 0 Å². The average Bonchev–Trinajstić information content (AvgIpc) is 2.76. The van der Waals surface area contributed by atoms with E-state index in [-0.39, 0.29) is 12.3 Å². The number of primary amides is 1. The number of nitrogens with two attached hydrogens (primary N) is 1. The number of rotatable bonds is 4. The molecule has 0 fully saturated rings. The predicted octanol–water partition coefficient (Wildman–Crippen LogP) is 2.08. The summed E-state index contributed by atoms with van der Waals surface area (Å²) < 4.78 is 0. The lowest BCUT2D eigenvalue weighted by atomic mass is 10.2. The Hall–Kier alpha value is -1.92. The van der Waals surface area contributed by atoms with Crippen molar-refractivity contribution in [2.24, 2.45) is 5.73 Å². The molecule has 0 atom stereocenters. The molecule has 98 valence electrons. The van der Waals surface area contributed by atoms with Gasteiger partial charge in [0.15, 0.2) is 5.13 Å². The molecule has 0 aliphatic heterocycles. The van der Waals surface area contributed by atoms with E-state index >= 15 is 0 Å². The van der Waals surface area contributed by atoms with Crippen molar-refractivity contribution in [2.75, 3.05) is 5.32 Å². The van der Waals surface area contributed by atoms with Gasteiger partial charge in [0.05, 0.1) is 12.1 Å². The number of thiazole rings is 1.